The van der Waals surface area contributed by atoms with Gasteiger partial charge in [0.25, 0.3) is 0 Å². The third-order valence-electron chi connectivity index (χ3n) is 6.02. The third-order valence-corrected chi connectivity index (χ3v) is 6.02. The van der Waals surface area contributed by atoms with E-state index in [-0.39, 0.29) is 5.91 Å². The van der Waals surface area contributed by atoms with Crippen molar-refractivity contribution in [1.29, 1.82) is 5.26 Å². The van der Waals surface area contributed by atoms with Crippen LogP contribution in [0, 0.1) is 11.3 Å². The van der Waals surface area contributed by atoms with Crippen molar-refractivity contribution in [2.45, 2.75) is 31.7 Å². The maximum Gasteiger partial charge on any atom is 0.223 e. The predicted octanol–water partition coefficient (Wildman–Crippen LogP) is 4.46. The number of nitrogens with zero attached hydrogens (tertiary/aromatic N) is 6. The molecule has 0 bridgehead atoms. The lowest BCUT2D eigenvalue weighted by molar-refractivity contribution is -0.128. The summed E-state index contributed by atoms with van der Waals surface area (Å²) < 4.78 is 2.02. The van der Waals surface area contributed by atoms with Crippen LogP contribution < -0.4 is 5.32 Å². The normalized spacial score (nSPS) is 13.0. The summed E-state index contributed by atoms with van der Waals surface area (Å²) in [5, 5.41) is 12.4. The number of carbonyl (C=O) groups excluding carboxylic acids is 1. The molecule has 0 saturated heterocycles. The molecular formula is C26H25N7O. The first-order valence-corrected chi connectivity index (χ1v) is 11.3. The Balaban J connectivity index is 1.48. The van der Waals surface area contributed by atoms with E-state index in [0.29, 0.717) is 36.1 Å². The Morgan fingerprint density at radius 2 is 2.00 bits per heavy atom. The predicted molar refractivity (Wildman–Crippen MR) is 130 cm³/mol. The summed E-state index contributed by atoms with van der Waals surface area (Å²) >= 11 is 0. The Hall–Kier alpha value is -4.25. The number of anilines is 2. The number of rotatable bonds is 7. The SMILES string of the molecule is CN(C)C(=O)CCn1cnc2ccc(-c3cc(C4CC4)cc(Nc4cc(C#N)ccn4)n3)cc21. The van der Waals surface area contributed by atoms with Crippen LogP contribution >= 0.6 is 0 Å². The lowest BCUT2D eigenvalue weighted by atomic mass is 10.1. The van der Waals surface area contributed by atoms with Crippen LogP contribution in [0.15, 0.2) is 55.0 Å². The van der Waals surface area contributed by atoms with Gasteiger partial charge in [-0.3, -0.25) is 4.79 Å². The van der Waals surface area contributed by atoms with Crippen molar-refractivity contribution in [1.82, 2.24) is 24.4 Å². The molecule has 1 amide bonds. The van der Waals surface area contributed by atoms with Crippen molar-refractivity contribution in [3.8, 4) is 17.3 Å². The molecule has 3 aromatic heterocycles. The number of imidazole rings is 1. The third kappa shape index (κ3) is 4.59. The average molecular weight is 452 g/mol. The summed E-state index contributed by atoms with van der Waals surface area (Å²) in [6.45, 7) is 0.570. The smallest absolute Gasteiger partial charge is 0.223 e. The lowest BCUT2D eigenvalue weighted by Crippen LogP contribution is -2.22. The molecule has 1 aliphatic rings. The van der Waals surface area contributed by atoms with Gasteiger partial charge >= 0.3 is 0 Å². The number of nitriles is 1. The van der Waals surface area contributed by atoms with Crippen LogP contribution in [0.2, 0.25) is 0 Å². The molecule has 3 heterocycles. The van der Waals surface area contributed by atoms with Gasteiger partial charge in [0.15, 0.2) is 0 Å². The molecule has 0 spiro atoms. The summed E-state index contributed by atoms with van der Waals surface area (Å²) in [5.74, 6) is 1.92. The molecule has 34 heavy (non-hydrogen) atoms. The minimum Gasteiger partial charge on any atom is -0.349 e. The zero-order chi connectivity index (χ0) is 23.7. The number of aryl methyl sites for hydroxylation is 1. The van der Waals surface area contributed by atoms with E-state index in [0.717, 1.165) is 22.3 Å². The molecule has 1 saturated carbocycles. The minimum atomic E-state index is 0.0848. The van der Waals surface area contributed by atoms with E-state index < -0.39 is 0 Å². The Kier molecular flexibility index (Phi) is 5.68. The molecule has 0 radical (unpaired) electrons. The molecule has 4 aromatic rings. The van der Waals surface area contributed by atoms with Crippen molar-refractivity contribution < 1.29 is 4.79 Å². The van der Waals surface area contributed by atoms with Gasteiger partial charge in [0.2, 0.25) is 5.91 Å². The first-order valence-electron chi connectivity index (χ1n) is 11.3. The highest BCUT2D eigenvalue weighted by atomic mass is 16.2. The standard InChI is InChI=1S/C26H25N7O/c1-32(2)26(34)8-10-33-16-29-21-6-5-19(13-23(21)33)22-12-20(18-3-4-18)14-25(30-22)31-24-11-17(15-27)7-9-28-24/h5-7,9,11-14,16,18H,3-4,8,10H2,1-2H3,(H,28,30,31). The number of amides is 1. The summed E-state index contributed by atoms with van der Waals surface area (Å²) in [5.41, 5.74) is 5.49. The van der Waals surface area contributed by atoms with Gasteiger partial charge in [-0.05, 0) is 60.7 Å². The Bertz CT molecular complexity index is 1410. The van der Waals surface area contributed by atoms with Gasteiger partial charge in [0.1, 0.15) is 11.6 Å². The summed E-state index contributed by atoms with van der Waals surface area (Å²) in [4.78, 5) is 27.3. The lowest BCUT2D eigenvalue weighted by Gasteiger charge is -2.12. The van der Waals surface area contributed by atoms with Crippen LogP contribution in [0.5, 0.6) is 0 Å². The fourth-order valence-corrected chi connectivity index (χ4v) is 3.95. The summed E-state index contributed by atoms with van der Waals surface area (Å²) in [7, 11) is 3.53. The zero-order valence-electron chi connectivity index (χ0n) is 19.2. The van der Waals surface area contributed by atoms with E-state index in [4.69, 9.17) is 4.98 Å². The highest BCUT2D eigenvalue weighted by Crippen LogP contribution is 2.42. The molecule has 0 atom stereocenters. The number of aromatic nitrogens is 4. The molecule has 0 unspecified atom stereocenters. The molecule has 1 fully saturated rings. The monoisotopic (exact) mass is 451 g/mol. The van der Waals surface area contributed by atoms with Gasteiger partial charge in [0, 0.05) is 38.8 Å². The fourth-order valence-electron chi connectivity index (χ4n) is 3.95. The van der Waals surface area contributed by atoms with Crippen molar-refractivity contribution in [3.63, 3.8) is 0 Å². The number of carbonyl (C=O) groups is 1. The van der Waals surface area contributed by atoms with Gasteiger partial charge in [-0.25, -0.2) is 15.0 Å². The molecule has 8 heteroatoms. The Labute approximate surface area is 197 Å². The van der Waals surface area contributed by atoms with E-state index in [1.165, 1.54) is 18.4 Å². The number of fused-ring (bicyclic) bond motifs is 1. The number of hydrogen-bond donors (Lipinski definition) is 1. The van der Waals surface area contributed by atoms with E-state index in [1.54, 1.807) is 43.7 Å². The van der Waals surface area contributed by atoms with Gasteiger partial charge < -0.3 is 14.8 Å². The average Bonchev–Trinajstić information content (AvgIpc) is 3.62. The Morgan fingerprint density at radius 3 is 2.76 bits per heavy atom. The molecule has 8 nitrogen and oxygen atoms in total. The molecule has 170 valence electrons. The highest BCUT2D eigenvalue weighted by Gasteiger charge is 2.25. The zero-order valence-corrected chi connectivity index (χ0v) is 19.2. The minimum absolute atomic E-state index is 0.0848. The molecule has 1 aromatic carbocycles. The largest absolute Gasteiger partial charge is 0.349 e. The van der Waals surface area contributed by atoms with Gasteiger partial charge in [-0.2, -0.15) is 5.26 Å². The van der Waals surface area contributed by atoms with Gasteiger partial charge in [0.05, 0.1) is 34.7 Å². The summed E-state index contributed by atoms with van der Waals surface area (Å²) in [6.07, 6.45) is 6.17. The number of pyridine rings is 2. The van der Waals surface area contributed by atoms with Crippen LogP contribution in [0.3, 0.4) is 0 Å². The second-order valence-electron chi connectivity index (χ2n) is 8.79. The van der Waals surface area contributed by atoms with Crippen LogP contribution in [-0.4, -0.2) is 44.4 Å². The van der Waals surface area contributed by atoms with Crippen molar-refractivity contribution >= 4 is 28.6 Å². The second kappa shape index (κ2) is 8.94. The number of nitrogens with one attached hydrogen (secondary N) is 1. The molecule has 5 rings (SSSR count). The molecule has 1 aliphatic carbocycles. The van der Waals surface area contributed by atoms with E-state index in [1.807, 2.05) is 16.7 Å². The van der Waals surface area contributed by atoms with Crippen molar-refractivity contribution in [2.75, 3.05) is 19.4 Å². The topological polar surface area (TPSA) is 99.7 Å². The number of benzene rings is 1. The van der Waals surface area contributed by atoms with Crippen LogP contribution in [0.25, 0.3) is 22.3 Å². The second-order valence-corrected chi connectivity index (χ2v) is 8.79. The van der Waals surface area contributed by atoms with Gasteiger partial charge in [-0.15, -0.1) is 0 Å². The quantitative estimate of drug-likeness (QED) is 0.445. The highest BCUT2D eigenvalue weighted by molar-refractivity contribution is 5.82. The van der Waals surface area contributed by atoms with Crippen molar-refractivity contribution in [2.24, 2.45) is 0 Å². The molecule has 1 N–H and O–H groups in total. The maximum atomic E-state index is 12.0. The first kappa shape index (κ1) is 21.6. The first-order chi connectivity index (χ1) is 16.5. The fraction of sp³-hybridized carbons (Fsp3) is 0.269. The number of hydrogen-bond acceptors (Lipinski definition) is 6. The Morgan fingerprint density at radius 1 is 1.15 bits per heavy atom. The van der Waals surface area contributed by atoms with E-state index in [2.05, 4.69) is 39.6 Å². The van der Waals surface area contributed by atoms with Crippen LogP contribution in [0.4, 0.5) is 11.6 Å². The molecule has 0 aliphatic heterocycles. The van der Waals surface area contributed by atoms with E-state index in [9.17, 15) is 10.1 Å². The van der Waals surface area contributed by atoms with Crippen LogP contribution in [-0.2, 0) is 11.3 Å². The van der Waals surface area contributed by atoms with Gasteiger partial charge in [-0.1, -0.05) is 6.07 Å². The van der Waals surface area contributed by atoms with Crippen LogP contribution in [0.1, 0.15) is 36.3 Å². The van der Waals surface area contributed by atoms with Crippen molar-refractivity contribution in [3.05, 3.63) is 66.1 Å². The maximum absolute atomic E-state index is 12.0. The summed E-state index contributed by atoms with van der Waals surface area (Å²) in [6, 6.07) is 15.9. The molecular weight excluding hydrogens is 426 g/mol. The van der Waals surface area contributed by atoms with E-state index >= 15 is 0 Å².